The zero-order chi connectivity index (χ0) is 21.8. The minimum absolute atomic E-state index is 0.0223. The number of carbonyl (C=O) groups excluding carboxylic acids is 2. The summed E-state index contributed by atoms with van der Waals surface area (Å²) in [4.78, 5) is 37.3. The van der Waals surface area contributed by atoms with E-state index < -0.39 is 24.4 Å². The van der Waals surface area contributed by atoms with Gasteiger partial charge in [0.25, 0.3) is 11.8 Å². The van der Waals surface area contributed by atoms with E-state index in [1.807, 2.05) is 0 Å². The van der Waals surface area contributed by atoms with Crippen LogP contribution in [0, 0.1) is 0 Å². The lowest BCUT2D eigenvalue weighted by Crippen LogP contribution is -2.54. The number of nitrogens with one attached hydrogen (secondary N) is 1. The molecule has 154 valence electrons. The molecule has 0 spiro atoms. The fourth-order valence-electron chi connectivity index (χ4n) is 2.65. The number of hydrogen-bond acceptors (Lipinski definition) is 6. The molecule has 1 fully saturated rings. The Kier molecular flexibility index (Phi) is 6.48. The van der Waals surface area contributed by atoms with Crippen molar-refractivity contribution in [2.75, 3.05) is 18.6 Å². The van der Waals surface area contributed by atoms with Gasteiger partial charge in [0.1, 0.15) is 17.1 Å². The van der Waals surface area contributed by atoms with Gasteiger partial charge in [-0.2, -0.15) is 0 Å². The molecule has 0 aliphatic carbocycles. The minimum Gasteiger partial charge on any atom is -0.497 e. The molecule has 0 saturated carbocycles. The van der Waals surface area contributed by atoms with Gasteiger partial charge in [0.15, 0.2) is 11.7 Å². The molecule has 0 aromatic heterocycles. The highest BCUT2D eigenvalue weighted by molar-refractivity contribution is 9.10. The Labute approximate surface area is 185 Å². The van der Waals surface area contributed by atoms with Crippen molar-refractivity contribution in [3.63, 3.8) is 0 Å². The van der Waals surface area contributed by atoms with Gasteiger partial charge < -0.3 is 14.6 Å². The second kappa shape index (κ2) is 9.06. The third kappa shape index (κ3) is 4.66. The van der Waals surface area contributed by atoms with Gasteiger partial charge in [0, 0.05) is 0 Å². The zero-order valence-electron chi connectivity index (χ0n) is 15.5. The Morgan fingerprint density at radius 1 is 1.23 bits per heavy atom. The summed E-state index contributed by atoms with van der Waals surface area (Å²) in [5.74, 6) is -1.36. The van der Waals surface area contributed by atoms with Crippen LogP contribution in [-0.2, 0) is 14.4 Å². The lowest BCUT2D eigenvalue weighted by atomic mass is 10.1. The van der Waals surface area contributed by atoms with E-state index in [9.17, 15) is 14.4 Å². The van der Waals surface area contributed by atoms with Crippen molar-refractivity contribution in [3.8, 4) is 11.5 Å². The fraction of sp³-hybridized carbons (Fsp3) is 0.100. The molecule has 1 aliphatic rings. The van der Waals surface area contributed by atoms with E-state index in [-0.39, 0.29) is 10.7 Å². The third-order valence-electron chi connectivity index (χ3n) is 4.05. The molecule has 1 aliphatic heterocycles. The highest BCUT2D eigenvalue weighted by Crippen LogP contribution is 2.28. The summed E-state index contributed by atoms with van der Waals surface area (Å²) in [6.07, 6.45) is 1.42. The molecular formula is C20H15BrN2O6S. The molecule has 3 rings (SSSR count). The summed E-state index contributed by atoms with van der Waals surface area (Å²) < 4.78 is 10.7. The monoisotopic (exact) mass is 490 g/mol. The molecule has 2 N–H and O–H groups in total. The number of halogens is 1. The highest BCUT2D eigenvalue weighted by atomic mass is 79.9. The van der Waals surface area contributed by atoms with Gasteiger partial charge in [-0.15, -0.1) is 0 Å². The molecule has 0 atom stereocenters. The first-order chi connectivity index (χ1) is 14.3. The molecule has 0 bridgehead atoms. The molecule has 0 radical (unpaired) electrons. The second-order valence-electron chi connectivity index (χ2n) is 6.03. The molecule has 2 aromatic rings. The summed E-state index contributed by atoms with van der Waals surface area (Å²) in [5.41, 5.74) is 0.909. The van der Waals surface area contributed by atoms with Crippen LogP contribution in [0.15, 0.2) is 52.5 Å². The summed E-state index contributed by atoms with van der Waals surface area (Å²) in [6, 6.07) is 11.4. The van der Waals surface area contributed by atoms with Gasteiger partial charge in [-0.25, -0.2) is 4.79 Å². The number of rotatable bonds is 6. The van der Waals surface area contributed by atoms with Crippen LogP contribution in [0.25, 0.3) is 6.08 Å². The maximum atomic E-state index is 13.0. The number of ether oxygens (including phenoxy) is 2. The van der Waals surface area contributed by atoms with Gasteiger partial charge in [-0.3, -0.25) is 19.8 Å². The van der Waals surface area contributed by atoms with Crippen molar-refractivity contribution in [2.45, 2.75) is 0 Å². The number of nitrogens with zero attached hydrogens (tertiary/aromatic N) is 1. The Hall–Kier alpha value is -3.24. The number of hydrogen-bond donors (Lipinski definition) is 2. The van der Waals surface area contributed by atoms with Crippen LogP contribution in [0.1, 0.15) is 5.56 Å². The standard InChI is InChI=1S/C20H15BrN2O6S/c1-28-13-5-3-12(4-6-13)23-19(27)14(18(26)22-20(23)30)8-11-2-7-16(15(21)9-11)29-10-17(24)25/h2-9H,10H2,1H3,(H,24,25)(H,22,26,30)/b14-8+. The fourth-order valence-corrected chi connectivity index (χ4v) is 3.45. The van der Waals surface area contributed by atoms with E-state index in [4.69, 9.17) is 26.8 Å². The van der Waals surface area contributed by atoms with Gasteiger partial charge >= 0.3 is 5.97 Å². The van der Waals surface area contributed by atoms with Crippen LogP contribution >= 0.6 is 28.1 Å². The average molecular weight is 491 g/mol. The number of carboxylic acid groups (broad SMARTS) is 1. The van der Waals surface area contributed by atoms with Crippen molar-refractivity contribution in [1.29, 1.82) is 0 Å². The predicted octanol–water partition coefficient (Wildman–Crippen LogP) is 2.75. The Bertz CT molecular complexity index is 1070. The number of benzene rings is 2. The molecule has 30 heavy (non-hydrogen) atoms. The minimum atomic E-state index is -1.10. The first-order valence-corrected chi connectivity index (χ1v) is 9.70. The van der Waals surface area contributed by atoms with E-state index >= 15 is 0 Å². The van der Waals surface area contributed by atoms with Gasteiger partial charge in [-0.1, -0.05) is 6.07 Å². The number of anilines is 1. The van der Waals surface area contributed by atoms with Crippen LogP contribution in [-0.4, -0.2) is 41.7 Å². The molecular weight excluding hydrogens is 476 g/mol. The first kappa shape index (κ1) is 21.5. The number of carbonyl (C=O) groups is 3. The van der Waals surface area contributed by atoms with Crippen molar-refractivity contribution >= 4 is 62.8 Å². The summed E-state index contributed by atoms with van der Waals surface area (Å²) in [5, 5.41) is 11.2. The Morgan fingerprint density at radius 3 is 2.53 bits per heavy atom. The first-order valence-electron chi connectivity index (χ1n) is 8.50. The van der Waals surface area contributed by atoms with Gasteiger partial charge in [0.2, 0.25) is 0 Å². The number of carboxylic acids is 1. The number of amides is 2. The van der Waals surface area contributed by atoms with Crippen molar-refractivity contribution in [2.24, 2.45) is 0 Å². The maximum Gasteiger partial charge on any atom is 0.341 e. The van der Waals surface area contributed by atoms with Crippen LogP contribution in [0.3, 0.4) is 0 Å². The molecule has 1 heterocycles. The molecule has 0 unspecified atom stereocenters. The largest absolute Gasteiger partial charge is 0.497 e. The van der Waals surface area contributed by atoms with E-state index in [0.29, 0.717) is 27.2 Å². The lowest BCUT2D eigenvalue weighted by molar-refractivity contribution is -0.139. The molecule has 8 nitrogen and oxygen atoms in total. The SMILES string of the molecule is COc1ccc(N2C(=O)/C(=C/c3ccc(OCC(=O)O)c(Br)c3)C(=O)NC2=S)cc1. The quantitative estimate of drug-likeness (QED) is 0.364. The maximum absolute atomic E-state index is 13.0. The predicted molar refractivity (Wildman–Crippen MR) is 116 cm³/mol. The van der Waals surface area contributed by atoms with Crippen LogP contribution in [0.4, 0.5) is 5.69 Å². The normalized spacial score (nSPS) is 15.2. The van der Waals surface area contributed by atoms with E-state index in [1.54, 1.807) is 36.4 Å². The Morgan fingerprint density at radius 2 is 1.93 bits per heavy atom. The van der Waals surface area contributed by atoms with E-state index in [1.165, 1.54) is 24.2 Å². The molecule has 1 saturated heterocycles. The van der Waals surface area contributed by atoms with Crippen molar-refractivity contribution in [1.82, 2.24) is 5.32 Å². The highest BCUT2D eigenvalue weighted by Gasteiger charge is 2.34. The lowest BCUT2D eigenvalue weighted by Gasteiger charge is -2.29. The summed E-state index contributed by atoms with van der Waals surface area (Å²) >= 11 is 8.46. The summed E-state index contributed by atoms with van der Waals surface area (Å²) in [6.45, 7) is -0.492. The molecule has 2 amide bonds. The van der Waals surface area contributed by atoms with Crippen LogP contribution < -0.4 is 19.7 Å². The topological polar surface area (TPSA) is 105 Å². The summed E-state index contributed by atoms with van der Waals surface area (Å²) in [7, 11) is 1.53. The number of methoxy groups -OCH3 is 1. The van der Waals surface area contributed by atoms with E-state index in [2.05, 4.69) is 21.2 Å². The number of aliphatic carboxylic acids is 1. The van der Waals surface area contributed by atoms with Crippen LogP contribution in [0.2, 0.25) is 0 Å². The van der Waals surface area contributed by atoms with Crippen LogP contribution in [0.5, 0.6) is 11.5 Å². The smallest absolute Gasteiger partial charge is 0.341 e. The van der Waals surface area contributed by atoms with Gasteiger partial charge in [0.05, 0.1) is 17.3 Å². The van der Waals surface area contributed by atoms with Crippen molar-refractivity contribution < 1.29 is 29.0 Å². The average Bonchev–Trinajstić information content (AvgIpc) is 2.70. The van der Waals surface area contributed by atoms with Crippen molar-refractivity contribution in [3.05, 3.63) is 58.1 Å². The van der Waals surface area contributed by atoms with E-state index in [0.717, 1.165) is 0 Å². The zero-order valence-corrected chi connectivity index (χ0v) is 18.0. The molecule has 2 aromatic carbocycles. The second-order valence-corrected chi connectivity index (χ2v) is 7.27. The Balaban J connectivity index is 1.90. The number of thiocarbonyl (C=S) groups is 1. The van der Waals surface area contributed by atoms with Gasteiger partial charge in [-0.05, 0) is 76.2 Å². The third-order valence-corrected chi connectivity index (χ3v) is 4.95. The molecule has 10 heteroatoms.